The Labute approximate surface area is 752 Å². The molecule has 119 heavy (non-hydrogen) atoms. The summed E-state index contributed by atoms with van der Waals surface area (Å²) in [7, 11) is 0. The van der Waals surface area contributed by atoms with E-state index in [9.17, 15) is 38.4 Å². The van der Waals surface area contributed by atoms with Crippen molar-refractivity contribution >= 4 is 101 Å². The molecule has 2 aliphatic heterocycles. The van der Waals surface area contributed by atoms with Crippen LogP contribution >= 0.6 is 0 Å². The first-order valence-corrected chi connectivity index (χ1v) is 38.9. The number of hydrogen-bond acceptors (Lipinski definition) is 2. The molecule has 0 bridgehead atoms. The maximum atomic E-state index is 12.2. The summed E-state index contributed by atoms with van der Waals surface area (Å²) in [6.45, 7) is 15.9. The highest BCUT2D eigenvalue weighted by atomic mass is 15.2. The van der Waals surface area contributed by atoms with Gasteiger partial charge >= 0.3 is 0 Å². The SMILES string of the molecule is [2H]c1c([2H])c([2H])c(-c2c([2H])c([2H])c([2H])c(-c3c([2H])c([2H])c4c5c([2H])c([2H])c([2H])c([2H])c5n(-c5c([2H])c([2H])c6c(c5[2H])N(c5c(-c7ccccc7)cc(C(C)(C)C)cc5-c5ccccc5)c5cc(C(C)(C)C)cc7c5B6c5c([2H])c([2H])c(-n6c8c([2H])c([2H])c([2H])c([2H])c8c8c([2H])c([2H])c(-c9c([2H])c([2H])c([2H])c(-c%10c([2H])c([2H])c([2H])c([2H])c%10[2H])c9[2H])c([2H])c86)c([2H])c5N7c5c(-c6ccccc6)cc(C(C)(C)C)cc5-c5ccccc5)c4c3[2H])c2[2H])c([2H])c1[2H]. The molecule has 0 N–H and O–H groups in total. The van der Waals surface area contributed by atoms with Crippen molar-refractivity contribution in [2.75, 3.05) is 9.80 Å². The molecule has 5 heteroatoms. The van der Waals surface area contributed by atoms with Crippen molar-refractivity contribution in [3.05, 3.63) is 404 Å². The van der Waals surface area contributed by atoms with Gasteiger partial charge in [-0.2, -0.15) is 0 Å². The van der Waals surface area contributed by atoms with Gasteiger partial charge in [0.25, 0.3) is 6.71 Å². The second kappa shape index (κ2) is 28.4. The lowest BCUT2D eigenvalue weighted by atomic mass is 9.33. The Kier molecular flexibility index (Phi) is 10.2. The van der Waals surface area contributed by atoms with Crippen molar-refractivity contribution in [2.45, 2.75) is 78.6 Å². The number of aromatic nitrogens is 2. The zero-order valence-electron chi connectivity index (χ0n) is 104. The quantitative estimate of drug-likeness (QED) is 0.113. The van der Waals surface area contributed by atoms with E-state index in [1.54, 1.807) is 9.80 Å². The zero-order valence-corrected chi connectivity index (χ0v) is 65.9. The Morgan fingerprint density at radius 3 is 0.899 bits per heavy atom. The molecule has 21 rings (SSSR count). The molecule has 0 unspecified atom stereocenters. The van der Waals surface area contributed by atoms with E-state index in [2.05, 4.69) is 0 Å². The predicted molar refractivity (Wildman–Crippen MR) is 509 cm³/mol. The number of rotatable bonds is 12. The van der Waals surface area contributed by atoms with E-state index >= 15 is 0 Å². The second-order valence-corrected chi connectivity index (χ2v) is 32.6. The van der Waals surface area contributed by atoms with E-state index in [1.807, 2.05) is 220 Å². The molecule has 2 aromatic heterocycles. The molecule has 0 radical (unpaired) electrons. The van der Waals surface area contributed by atoms with E-state index < -0.39 is 363 Å². The summed E-state index contributed by atoms with van der Waals surface area (Å²) < 4.78 is 381. The molecule has 0 saturated carbocycles. The highest BCUT2D eigenvalue weighted by Crippen LogP contribution is 2.56. The molecule has 19 aromatic rings. The van der Waals surface area contributed by atoms with Gasteiger partial charge in [-0.3, -0.25) is 0 Å². The molecule has 17 aromatic carbocycles. The monoisotopic (exact) mass is 1560 g/mol. The van der Waals surface area contributed by atoms with Gasteiger partial charge in [-0.15, -0.1) is 0 Å². The average Bonchev–Trinajstić information content (AvgIpc) is 1.65. The number of para-hydroxylation sites is 2. The average molecular weight is 1570 g/mol. The van der Waals surface area contributed by atoms with Crippen LogP contribution < -0.4 is 26.2 Å². The van der Waals surface area contributed by atoms with E-state index in [4.69, 9.17) is 13.7 Å². The summed E-state index contributed by atoms with van der Waals surface area (Å²) in [6, 6.07) is 11.1. The normalized spacial score (nSPS) is 17.2. The fraction of sp³-hybridized carbons (Fsp3) is 0.105. The molecule has 0 atom stereocenters. The lowest BCUT2D eigenvalue weighted by molar-refractivity contribution is 0.590. The summed E-state index contributed by atoms with van der Waals surface area (Å²) in [6.07, 6.45) is 0. The van der Waals surface area contributed by atoms with Crippen molar-refractivity contribution in [1.29, 1.82) is 0 Å². The predicted octanol–water partition coefficient (Wildman–Crippen LogP) is 29.2. The van der Waals surface area contributed by atoms with Gasteiger partial charge in [-0.25, -0.2) is 0 Å². The third kappa shape index (κ3) is 12.5. The third-order valence-corrected chi connectivity index (χ3v) is 22.2. The standard InChI is InChI=1S/C114H91BN4/c1-112(2,3)86-66-95(76-38-20-12-21-39-76)110(96(67-86)77-40-22-13-23-41-77)118-105-72-89(116-101-52-30-28-50-91(101)93-58-54-84(64-103(93)116)82-48-32-46-80(62-82)74-34-16-10-17-35-74)56-60-99(105)115-100-61-57-90(117-102-53-31-29-51-92(102)94-59-55-85(65-104(94)117)83-49-33-47-81(63-83)75-36-18-11-19-37-75)73-106(100)119(108-71-88(114(7,8)9)70-107(118)109(108)115)111-97(78-42-24-14-25-43-78)68-87(113(4,5)6)69-98(111)79-44-26-15-27-45-79/h10-73H,1-9H3/i10D,11D,16D,17D,18D,19D,28D,29D,30D,31D,32D,33D,34D,35D,36D,37D,46D,47D,48D,49D,50D,51D,52D,53D,54D,55D,56D,57D,58D,59D,60D,61D,62D,63D,64D,65D,72D,73D. The fourth-order valence-electron chi connectivity index (χ4n) is 16.3. The molecular weight excluding hydrogens is 1440 g/mol. The third-order valence-electron chi connectivity index (χ3n) is 22.2. The number of anilines is 6. The summed E-state index contributed by atoms with van der Waals surface area (Å²) in [5.74, 6) is 0. The van der Waals surface area contributed by atoms with Gasteiger partial charge in [0.1, 0.15) is 0 Å². The van der Waals surface area contributed by atoms with Crippen molar-refractivity contribution in [3.8, 4) is 100 Å². The molecule has 4 heterocycles. The minimum absolute atomic E-state index is 0.107. The molecule has 4 nitrogen and oxygen atoms in total. The maximum absolute atomic E-state index is 12.2. The summed E-state index contributed by atoms with van der Waals surface area (Å²) >= 11 is 0. The van der Waals surface area contributed by atoms with Crippen LogP contribution in [0.1, 0.15) is 131 Å². The van der Waals surface area contributed by atoms with Crippen molar-refractivity contribution in [1.82, 2.24) is 9.13 Å². The Bertz CT molecular complexity index is 8940. The van der Waals surface area contributed by atoms with Crippen LogP contribution in [0.15, 0.2) is 387 Å². The largest absolute Gasteiger partial charge is 0.310 e. The Morgan fingerprint density at radius 2 is 0.546 bits per heavy atom. The van der Waals surface area contributed by atoms with Gasteiger partial charge < -0.3 is 18.9 Å². The van der Waals surface area contributed by atoms with E-state index in [1.165, 1.54) is 0 Å². The van der Waals surface area contributed by atoms with Gasteiger partial charge in [-0.05, 0) is 213 Å². The highest BCUT2D eigenvalue weighted by Gasteiger charge is 2.47. The van der Waals surface area contributed by atoms with Gasteiger partial charge in [0.2, 0.25) is 0 Å². The number of benzene rings is 17. The molecule has 2 aliphatic rings. The summed E-state index contributed by atoms with van der Waals surface area (Å²) in [5.41, 5.74) is -9.03. The van der Waals surface area contributed by atoms with Crippen molar-refractivity contribution in [2.24, 2.45) is 0 Å². The first-order chi connectivity index (χ1) is 73.8. The van der Waals surface area contributed by atoms with Crippen molar-refractivity contribution in [3.63, 3.8) is 0 Å². The van der Waals surface area contributed by atoms with Gasteiger partial charge in [-0.1, -0.05) is 353 Å². The lowest BCUT2D eigenvalue weighted by Crippen LogP contribution is -2.61. The summed E-state index contributed by atoms with van der Waals surface area (Å²) in [5, 5.41) is -2.51. The summed E-state index contributed by atoms with van der Waals surface area (Å²) in [4.78, 5) is 3.48. The molecular formula is C114H91BN4. The maximum Gasteiger partial charge on any atom is 0.252 e. The van der Waals surface area contributed by atoms with Crippen LogP contribution in [0, 0.1) is 0 Å². The number of fused-ring (bicyclic) bond motifs is 10. The smallest absolute Gasteiger partial charge is 0.252 e. The fourth-order valence-corrected chi connectivity index (χ4v) is 16.3. The first kappa shape index (κ1) is 42.7. The molecule has 0 fully saturated rings. The molecule has 0 spiro atoms. The minimum Gasteiger partial charge on any atom is -0.310 e. The van der Waals surface area contributed by atoms with E-state index in [-0.39, 0.29) is 39.1 Å². The van der Waals surface area contributed by atoms with Gasteiger partial charge in [0, 0.05) is 77.9 Å². The zero-order chi connectivity index (χ0) is 114. The Morgan fingerprint density at radius 1 is 0.244 bits per heavy atom. The van der Waals surface area contributed by atoms with Crippen LogP contribution in [0.2, 0.25) is 0 Å². The first-order valence-electron chi connectivity index (χ1n) is 57.9. The topological polar surface area (TPSA) is 16.3 Å². The van der Waals surface area contributed by atoms with Gasteiger partial charge in [0.15, 0.2) is 0 Å². The Hall–Kier alpha value is -14.0. The second-order valence-electron chi connectivity index (χ2n) is 32.6. The van der Waals surface area contributed by atoms with Crippen LogP contribution in [0.5, 0.6) is 0 Å². The van der Waals surface area contributed by atoms with Crippen LogP contribution in [0.4, 0.5) is 34.1 Å². The molecule has 570 valence electrons. The van der Waals surface area contributed by atoms with E-state index in [0.29, 0.717) is 50.1 Å². The van der Waals surface area contributed by atoms with Crippen LogP contribution in [-0.4, -0.2) is 15.8 Å². The van der Waals surface area contributed by atoms with E-state index in [0.717, 1.165) is 20.3 Å². The molecule has 0 saturated heterocycles. The molecule has 0 amide bonds. The number of nitrogens with zero attached hydrogens (tertiary/aromatic N) is 4. The minimum atomic E-state index is -1.94. The highest BCUT2D eigenvalue weighted by molar-refractivity contribution is 7.00. The Balaban J connectivity index is 1.01. The molecule has 0 aliphatic carbocycles. The van der Waals surface area contributed by atoms with Gasteiger partial charge in [0.05, 0.1) is 85.5 Å². The van der Waals surface area contributed by atoms with Crippen LogP contribution in [-0.2, 0) is 16.2 Å². The lowest BCUT2D eigenvalue weighted by Gasteiger charge is -2.47. The van der Waals surface area contributed by atoms with Crippen LogP contribution in [0.25, 0.3) is 144 Å². The van der Waals surface area contributed by atoms with Crippen LogP contribution in [0.3, 0.4) is 0 Å². The van der Waals surface area contributed by atoms with Crippen molar-refractivity contribution < 1.29 is 52.1 Å². The number of hydrogen-bond donors (Lipinski definition) is 0.